The molecule has 0 aromatic heterocycles. The van der Waals surface area contributed by atoms with Gasteiger partial charge in [-0.05, 0) is 31.0 Å². The summed E-state index contributed by atoms with van der Waals surface area (Å²) in [5.41, 5.74) is 0.628. The summed E-state index contributed by atoms with van der Waals surface area (Å²) in [6, 6.07) is 4.16. The van der Waals surface area contributed by atoms with Crippen molar-refractivity contribution in [1.82, 2.24) is 0 Å². The summed E-state index contributed by atoms with van der Waals surface area (Å²) in [7, 11) is 0. The molecule has 0 saturated heterocycles. The minimum atomic E-state index is -0.878. The molecular weight excluding hydrogens is 283 g/mol. The van der Waals surface area contributed by atoms with Crippen molar-refractivity contribution in [2.45, 2.75) is 27.2 Å². The van der Waals surface area contributed by atoms with E-state index >= 15 is 0 Å². The number of Topliss-reactive ketones (excluding diaryl/α,β-unsaturated/α-hetero) is 1. The number of carbonyl (C=O) groups is 2. The number of hydrogen-bond donors (Lipinski definition) is 0. The molecule has 0 bridgehead atoms. The van der Waals surface area contributed by atoms with E-state index in [-0.39, 0.29) is 29.8 Å². The number of hydrogen-bond acceptors (Lipinski definition) is 3. The van der Waals surface area contributed by atoms with Gasteiger partial charge in [0, 0.05) is 5.92 Å². The molecule has 0 radical (unpaired) electrons. The van der Waals surface area contributed by atoms with Gasteiger partial charge in [-0.3, -0.25) is 9.59 Å². The summed E-state index contributed by atoms with van der Waals surface area (Å²) in [6.45, 7) is 5.35. The summed E-state index contributed by atoms with van der Waals surface area (Å²) in [6.07, 6.45) is 0.163. The first-order chi connectivity index (χ1) is 9.36. The van der Waals surface area contributed by atoms with Crippen LogP contribution in [-0.2, 0) is 20.7 Å². The van der Waals surface area contributed by atoms with Crippen LogP contribution < -0.4 is 0 Å². The lowest BCUT2D eigenvalue weighted by Gasteiger charge is -2.16. The molecule has 1 aromatic carbocycles. The van der Waals surface area contributed by atoms with Crippen molar-refractivity contribution in [2.24, 2.45) is 11.8 Å². The van der Waals surface area contributed by atoms with Crippen LogP contribution in [0.15, 0.2) is 18.2 Å². The number of benzene rings is 1. The van der Waals surface area contributed by atoms with Crippen LogP contribution in [0.25, 0.3) is 0 Å². The Morgan fingerprint density at radius 2 is 2.00 bits per heavy atom. The van der Waals surface area contributed by atoms with E-state index in [9.17, 15) is 14.0 Å². The van der Waals surface area contributed by atoms with E-state index in [2.05, 4.69) is 0 Å². The zero-order chi connectivity index (χ0) is 15.3. The zero-order valence-electron chi connectivity index (χ0n) is 11.8. The Bertz CT molecular complexity index is 500. The highest BCUT2D eigenvalue weighted by atomic mass is 35.5. The van der Waals surface area contributed by atoms with Crippen molar-refractivity contribution < 1.29 is 18.7 Å². The van der Waals surface area contributed by atoms with Gasteiger partial charge in [-0.2, -0.15) is 0 Å². The number of carbonyl (C=O) groups excluding carboxylic acids is 2. The third kappa shape index (κ3) is 4.30. The third-order valence-electron chi connectivity index (χ3n) is 2.91. The predicted molar refractivity (Wildman–Crippen MR) is 75.1 cm³/mol. The quantitative estimate of drug-likeness (QED) is 0.597. The lowest BCUT2D eigenvalue weighted by Crippen LogP contribution is -2.31. The standard InChI is InChI=1S/C15H18ClFO3/c1-4-20-15(19)11(14(18)9(2)3)7-10-5-6-13(17)12(16)8-10/h5-6,8-9,11H,4,7H2,1-3H3. The van der Waals surface area contributed by atoms with Crippen molar-refractivity contribution in [3.63, 3.8) is 0 Å². The fourth-order valence-electron chi connectivity index (χ4n) is 1.85. The van der Waals surface area contributed by atoms with E-state index in [1.807, 2.05) is 0 Å². The van der Waals surface area contributed by atoms with E-state index in [1.54, 1.807) is 20.8 Å². The van der Waals surface area contributed by atoms with Crippen LogP contribution in [0, 0.1) is 17.7 Å². The molecule has 0 N–H and O–H groups in total. The van der Waals surface area contributed by atoms with Gasteiger partial charge in [0.15, 0.2) is 0 Å². The second-order valence-electron chi connectivity index (χ2n) is 4.81. The van der Waals surface area contributed by atoms with Crippen molar-refractivity contribution in [3.05, 3.63) is 34.6 Å². The van der Waals surface area contributed by atoms with Crippen molar-refractivity contribution in [3.8, 4) is 0 Å². The zero-order valence-corrected chi connectivity index (χ0v) is 12.5. The molecule has 0 amide bonds. The Morgan fingerprint density at radius 3 is 2.50 bits per heavy atom. The van der Waals surface area contributed by atoms with Crippen molar-refractivity contribution >= 4 is 23.4 Å². The average Bonchev–Trinajstić information content (AvgIpc) is 2.39. The van der Waals surface area contributed by atoms with Crippen LogP contribution in [-0.4, -0.2) is 18.4 Å². The number of rotatable bonds is 6. The van der Waals surface area contributed by atoms with Gasteiger partial charge in [-0.1, -0.05) is 31.5 Å². The largest absolute Gasteiger partial charge is 0.465 e. The Hall–Kier alpha value is -1.42. The number of halogens is 2. The molecule has 20 heavy (non-hydrogen) atoms. The molecule has 0 fully saturated rings. The molecule has 0 spiro atoms. The average molecular weight is 301 g/mol. The minimum Gasteiger partial charge on any atom is -0.465 e. The molecule has 0 aliphatic rings. The maximum absolute atomic E-state index is 13.1. The Morgan fingerprint density at radius 1 is 1.35 bits per heavy atom. The van der Waals surface area contributed by atoms with Gasteiger partial charge in [-0.15, -0.1) is 0 Å². The van der Waals surface area contributed by atoms with Gasteiger partial charge in [0.05, 0.1) is 11.6 Å². The maximum Gasteiger partial charge on any atom is 0.316 e. The fraction of sp³-hybridized carbons (Fsp3) is 0.467. The monoisotopic (exact) mass is 300 g/mol. The van der Waals surface area contributed by atoms with E-state index in [0.717, 1.165) is 0 Å². The molecule has 1 aromatic rings. The smallest absolute Gasteiger partial charge is 0.316 e. The van der Waals surface area contributed by atoms with Gasteiger partial charge in [-0.25, -0.2) is 4.39 Å². The van der Waals surface area contributed by atoms with E-state index in [1.165, 1.54) is 18.2 Å². The Balaban J connectivity index is 2.96. The summed E-state index contributed by atoms with van der Waals surface area (Å²) in [4.78, 5) is 24.0. The SMILES string of the molecule is CCOC(=O)C(Cc1ccc(F)c(Cl)c1)C(=O)C(C)C. The van der Waals surface area contributed by atoms with Gasteiger partial charge in [0.1, 0.15) is 17.5 Å². The van der Waals surface area contributed by atoms with Crippen LogP contribution in [0.2, 0.25) is 5.02 Å². The predicted octanol–water partition coefficient (Wildman–Crippen LogP) is 3.43. The van der Waals surface area contributed by atoms with E-state index < -0.39 is 17.7 Å². The molecule has 3 nitrogen and oxygen atoms in total. The summed E-state index contributed by atoms with van der Waals surface area (Å²) in [5, 5.41) is -0.0258. The lowest BCUT2D eigenvalue weighted by molar-refractivity contribution is -0.152. The van der Waals surface area contributed by atoms with Crippen molar-refractivity contribution in [2.75, 3.05) is 6.61 Å². The van der Waals surface area contributed by atoms with Crippen LogP contribution in [0.4, 0.5) is 4.39 Å². The normalized spacial score (nSPS) is 12.3. The van der Waals surface area contributed by atoms with E-state index in [0.29, 0.717) is 5.56 Å². The molecule has 110 valence electrons. The van der Waals surface area contributed by atoms with Crippen molar-refractivity contribution in [1.29, 1.82) is 0 Å². The Labute approximate surface area is 123 Å². The Kier molecular flexibility index (Phi) is 6.14. The van der Waals surface area contributed by atoms with Crippen LogP contribution in [0.5, 0.6) is 0 Å². The first-order valence-electron chi connectivity index (χ1n) is 6.51. The molecule has 0 saturated carbocycles. The molecule has 1 rings (SSSR count). The van der Waals surface area contributed by atoms with Gasteiger partial charge < -0.3 is 4.74 Å². The summed E-state index contributed by atoms with van der Waals surface area (Å²) in [5.74, 6) is -2.43. The summed E-state index contributed by atoms with van der Waals surface area (Å²) < 4.78 is 18.0. The second kappa shape index (κ2) is 7.39. The number of ether oxygens (including phenoxy) is 1. The third-order valence-corrected chi connectivity index (χ3v) is 3.20. The maximum atomic E-state index is 13.1. The molecule has 0 aliphatic carbocycles. The molecule has 0 heterocycles. The van der Waals surface area contributed by atoms with Gasteiger partial charge in [0.25, 0.3) is 0 Å². The molecule has 1 atom stereocenters. The fourth-order valence-corrected chi connectivity index (χ4v) is 2.05. The molecule has 1 unspecified atom stereocenters. The highest BCUT2D eigenvalue weighted by Crippen LogP contribution is 2.21. The first-order valence-corrected chi connectivity index (χ1v) is 6.88. The highest BCUT2D eigenvalue weighted by Gasteiger charge is 2.30. The minimum absolute atomic E-state index is 0.0258. The molecular formula is C15H18ClFO3. The lowest BCUT2D eigenvalue weighted by atomic mass is 9.89. The number of esters is 1. The van der Waals surface area contributed by atoms with Gasteiger partial charge in [0.2, 0.25) is 0 Å². The van der Waals surface area contributed by atoms with Crippen LogP contribution >= 0.6 is 11.6 Å². The molecule has 5 heteroatoms. The first kappa shape index (κ1) is 16.6. The van der Waals surface area contributed by atoms with Crippen LogP contribution in [0.3, 0.4) is 0 Å². The van der Waals surface area contributed by atoms with Gasteiger partial charge >= 0.3 is 5.97 Å². The number of ketones is 1. The topological polar surface area (TPSA) is 43.4 Å². The summed E-state index contributed by atoms with van der Waals surface area (Å²) >= 11 is 5.70. The molecule has 0 aliphatic heterocycles. The van der Waals surface area contributed by atoms with Crippen LogP contribution in [0.1, 0.15) is 26.3 Å². The van der Waals surface area contributed by atoms with E-state index in [4.69, 9.17) is 16.3 Å². The second-order valence-corrected chi connectivity index (χ2v) is 5.22. The highest BCUT2D eigenvalue weighted by molar-refractivity contribution is 6.30.